The lowest BCUT2D eigenvalue weighted by Crippen LogP contribution is -2.29. The topological polar surface area (TPSA) is 94.5 Å². The van der Waals surface area contributed by atoms with Gasteiger partial charge in [0.1, 0.15) is 17.3 Å². The normalized spacial score (nSPS) is 16.6. The van der Waals surface area contributed by atoms with E-state index in [0.717, 1.165) is 0 Å². The molecule has 1 aliphatic rings. The van der Waals surface area contributed by atoms with Crippen LogP contribution in [-0.4, -0.2) is 43.7 Å². The van der Waals surface area contributed by atoms with Gasteiger partial charge in [-0.15, -0.1) is 0 Å². The average molecular weight is 518 g/mol. The molecular formula is C30H31NO7. The van der Waals surface area contributed by atoms with Gasteiger partial charge in [-0.1, -0.05) is 6.07 Å². The molecule has 3 aromatic carbocycles. The fourth-order valence-electron chi connectivity index (χ4n) is 4.43. The number of carbonyl (C=O) groups excluding carboxylic acids is 2. The number of methoxy groups -OCH3 is 2. The summed E-state index contributed by atoms with van der Waals surface area (Å²) < 4.78 is 22.1. The number of anilines is 1. The molecule has 1 saturated heterocycles. The number of aliphatic hydroxyl groups excluding tert-OH is 1. The molecule has 0 aliphatic carbocycles. The van der Waals surface area contributed by atoms with E-state index in [4.69, 9.17) is 18.9 Å². The summed E-state index contributed by atoms with van der Waals surface area (Å²) in [5, 5.41) is 11.4. The number of hydrogen-bond acceptors (Lipinski definition) is 7. The lowest BCUT2D eigenvalue weighted by molar-refractivity contribution is -0.132. The first-order valence-electron chi connectivity index (χ1n) is 12.3. The molecule has 0 aromatic heterocycles. The molecule has 0 saturated carbocycles. The van der Waals surface area contributed by atoms with Gasteiger partial charge in [0.15, 0.2) is 11.5 Å². The van der Waals surface area contributed by atoms with Crippen molar-refractivity contribution in [3.8, 4) is 23.0 Å². The van der Waals surface area contributed by atoms with Crippen molar-refractivity contribution in [1.29, 1.82) is 0 Å². The summed E-state index contributed by atoms with van der Waals surface area (Å²) in [5.74, 6) is 0.358. The van der Waals surface area contributed by atoms with Crippen molar-refractivity contribution in [2.24, 2.45) is 0 Å². The van der Waals surface area contributed by atoms with Crippen molar-refractivity contribution < 1.29 is 33.6 Å². The number of rotatable bonds is 9. The Morgan fingerprint density at radius 2 is 1.53 bits per heavy atom. The molecule has 8 heteroatoms. The Balaban J connectivity index is 1.87. The van der Waals surface area contributed by atoms with Crippen molar-refractivity contribution in [2.45, 2.75) is 32.9 Å². The molecule has 1 N–H and O–H groups in total. The molecule has 1 fully saturated rings. The number of Topliss-reactive ketones (excluding diaryl/α,β-unsaturated/α-hetero) is 1. The van der Waals surface area contributed by atoms with Gasteiger partial charge in [0.25, 0.3) is 11.7 Å². The molecule has 1 unspecified atom stereocenters. The highest BCUT2D eigenvalue weighted by Gasteiger charge is 2.47. The molecule has 1 atom stereocenters. The third-order valence-corrected chi connectivity index (χ3v) is 6.09. The van der Waals surface area contributed by atoms with E-state index in [1.807, 2.05) is 20.8 Å². The number of benzene rings is 3. The molecule has 1 heterocycles. The van der Waals surface area contributed by atoms with Crippen LogP contribution < -0.4 is 23.8 Å². The summed E-state index contributed by atoms with van der Waals surface area (Å²) in [6, 6.07) is 17.8. The third-order valence-electron chi connectivity index (χ3n) is 6.09. The van der Waals surface area contributed by atoms with Crippen LogP contribution in [0.4, 0.5) is 5.69 Å². The van der Waals surface area contributed by atoms with Crippen molar-refractivity contribution in [2.75, 3.05) is 25.7 Å². The third kappa shape index (κ3) is 5.16. The van der Waals surface area contributed by atoms with Crippen LogP contribution >= 0.6 is 0 Å². The van der Waals surface area contributed by atoms with Crippen LogP contribution in [0.3, 0.4) is 0 Å². The fraction of sp³-hybridized carbons (Fsp3) is 0.267. The maximum atomic E-state index is 13.4. The number of nitrogens with zero attached hydrogens (tertiary/aromatic N) is 1. The van der Waals surface area contributed by atoms with Gasteiger partial charge in [-0.05, 0) is 87.0 Å². The van der Waals surface area contributed by atoms with Crippen molar-refractivity contribution >= 4 is 23.1 Å². The average Bonchev–Trinajstić information content (AvgIpc) is 3.18. The predicted octanol–water partition coefficient (Wildman–Crippen LogP) is 5.52. The molecular weight excluding hydrogens is 486 g/mol. The van der Waals surface area contributed by atoms with E-state index in [1.165, 1.54) is 19.1 Å². The molecule has 0 spiro atoms. The minimum Gasteiger partial charge on any atom is -0.507 e. The van der Waals surface area contributed by atoms with Crippen LogP contribution in [0.2, 0.25) is 0 Å². The minimum atomic E-state index is -0.917. The zero-order valence-corrected chi connectivity index (χ0v) is 22.1. The number of aliphatic hydroxyl groups is 1. The fourth-order valence-corrected chi connectivity index (χ4v) is 4.43. The SMILES string of the molecule is CCOc1ccc(N2C(=O)C(=O)/C(=C(\O)c3ccc(OC(C)C)cc3)C2c2ccc(OC)c(OC)c2)cc1. The number of carbonyl (C=O) groups is 2. The van der Waals surface area contributed by atoms with E-state index in [2.05, 4.69) is 0 Å². The van der Waals surface area contributed by atoms with Crippen LogP contribution in [0.1, 0.15) is 37.9 Å². The van der Waals surface area contributed by atoms with Gasteiger partial charge < -0.3 is 24.1 Å². The van der Waals surface area contributed by atoms with Gasteiger partial charge >= 0.3 is 0 Å². The lowest BCUT2D eigenvalue weighted by atomic mass is 9.94. The maximum absolute atomic E-state index is 13.4. The zero-order valence-electron chi connectivity index (χ0n) is 22.1. The number of ether oxygens (including phenoxy) is 4. The molecule has 0 bridgehead atoms. The van der Waals surface area contributed by atoms with E-state index in [9.17, 15) is 14.7 Å². The molecule has 0 radical (unpaired) electrons. The van der Waals surface area contributed by atoms with E-state index in [0.29, 0.717) is 46.4 Å². The maximum Gasteiger partial charge on any atom is 0.300 e. The Bertz CT molecular complexity index is 1340. The Morgan fingerprint density at radius 1 is 0.895 bits per heavy atom. The predicted molar refractivity (Wildman–Crippen MR) is 144 cm³/mol. The molecule has 198 valence electrons. The van der Waals surface area contributed by atoms with Crippen molar-refractivity contribution in [3.05, 3.63) is 83.4 Å². The van der Waals surface area contributed by atoms with E-state index in [-0.39, 0.29) is 17.4 Å². The van der Waals surface area contributed by atoms with Gasteiger partial charge in [-0.25, -0.2) is 0 Å². The first kappa shape index (κ1) is 26.6. The highest BCUT2D eigenvalue weighted by molar-refractivity contribution is 6.51. The standard InChI is InChI=1S/C30H31NO7/c1-6-37-22-14-10-21(11-15-22)31-27(20-9-16-24(35-4)25(17-20)36-5)26(29(33)30(31)34)28(32)19-7-12-23(13-8-19)38-18(2)3/h7-18,27,32H,6H2,1-5H3/b28-26-. The van der Waals surface area contributed by atoms with E-state index in [1.54, 1.807) is 66.7 Å². The quantitative estimate of drug-likeness (QED) is 0.227. The second kappa shape index (κ2) is 11.3. The number of ketones is 1. The summed E-state index contributed by atoms with van der Waals surface area (Å²) in [7, 11) is 3.03. The number of hydrogen-bond donors (Lipinski definition) is 1. The molecule has 4 rings (SSSR count). The van der Waals surface area contributed by atoms with Crippen LogP contribution in [0.15, 0.2) is 72.3 Å². The first-order chi connectivity index (χ1) is 18.3. The smallest absolute Gasteiger partial charge is 0.300 e. The Hall–Kier alpha value is -4.46. The minimum absolute atomic E-state index is 0.0149. The number of amides is 1. The van der Waals surface area contributed by atoms with Crippen molar-refractivity contribution in [1.82, 2.24) is 0 Å². The Kier molecular flexibility index (Phi) is 7.90. The summed E-state index contributed by atoms with van der Waals surface area (Å²) in [6.45, 7) is 6.21. The van der Waals surface area contributed by atoms with Gasteiger partial charge in [0, 0.05) is 11.3 Å². The largest absolute Gasteiger partial charge is 0.507 e. The zero-order chi connectivity index (χ0) is 27.4. The first-order valence-corrected chi connectivity index (χ1v) is 12.3. The van der Waals surface area contributed by atoms with Crippen LogP contribution in [0.5, 0.6) is 23.0 Å². The monoisotopic (exact) mass is 517 g/mol. The van der Waals surface area contributed by atoms with E-state index < -0.39 is 17.7 Å². The highest BCUT2D eigenvalue weighted by atomic mass is 16.5. The lowest BCUT2D eigenvalue weighted by Gasteiger charge is -2.26. The van der Waals surface area contributed by atoms with Gasteiger partial charge in [-0.2, -0.15) is 0 Å². The van der Waals surface area contributed by atoms with Gasteiger partial charge in [-0.3, -0.25) is 14.5 Å². The van der Waals surface area contributed by atoms with Crippen LogP contribution in [-0.2, 0) is 9.59 Å². The second-order valence-electron chi connectivity index (χ2n) is 8.90. The van der Waals surface area contributed by atoms with Gasteiger partial charge in [0.2, 0.25) is 0 Å². The second-order valence-corrected chi connectivity index (χ2v) is 8.90. The summed E-state index contributed by atoms with van der Waals surface area (Å²) in [4.78, 5) is 28.2. The molecule has 38 heavy (non-hydrogen) atoms. The van der Waals surface area contributed by atoms with Gasteiger partial charge in [0.05, 0.1) is 38.5 Å². The Morgan fingerprint density at radius 3 is 2.11 bits per heavy atom. The van der Waals surface area contributed by atoms with Crippen LogP contribution in [0, 0.1) is 0 Å². The highest BCUT2D eigenvalue weighted by Crippen LogP contribution is 2.44. The summed E-state index contributed by atoms with van der Waals surface area (Å²) in [5.41, 5.74) is 1.40. The molecule has 8 nitrogen and oxygen atoms in total. The molecule has 1 aliphatic heterocycles. The molecule has 3 aromatic rings. The summed E-state index contributed by atoms with van der Waals surface area (Å²) in [6.07, 6.45) is -0.0149. The van der Waals surface area contributed by atoms with Crippen molar-refractivity contribution in [3.63, 3.8) is 0 Å². The van der Waals surface area contributed by atoms with E-state index >= 15 is 0 Å². The summed E-state index contributed by atoms with van der Waals surface area (Å²) >= 11 is 0. The Labute approximate surface area is 222 Å². The molecule has 1 amide bonds. The van der Waals surface area contributed by atoms with Crippen LogP contribution in [0.25, 0.3) is 5.76 Å².